The van der Waals surface area contributed by atoms with Crippen LogP contribution in [0.4, 0.5) is 0 Å². The number of benzene rings is 2. The monoisotopic (exact) mass is 404 g/mol. The quantitative estimate of drug-likeness (QED) is 0.594. The van der Waals surface area contributed by atoms with Crippen molar-refractivity contribution in [1.29, 1.82) is 0 Å². The zero-order valence-corrected chi connectivity index (χ0v) is 17.7. The lowest BCUT2D eigenvalue weighted by Crippen LogP contribution is -2.28. The van der Waals surface area contributed by atoms with Gasteiger partial charge in [-0.1, -0.05) is 51.1 Å². The molecular formula is C25H28N2O3. The van der Waals surface area contributed by atoms with Crippen molar-refractivity contribution < 1.29 is 14.3 Å². The van der Waals surface area contributed by atoms with Crippen molar-refractivity contribution in [3.63, 3.8) is 0 Å². The van der Waals surface area contributed by atoms with Gasteiger partial charge < -0.3 is 14.8 Å². The van der Waals surface area contributed by atoms with Gasteiger partial charge in [-0.15, -0.1) is 0 Å². The van der Waals surface area contributed by atoms with Crippen LogP contribution in [0.5, 0.6) is 11.5 Å². The molecule has 3 rings (SSSR count). The molecule has 0 aliphatic carbocycles. The number of carbonyl (C=O) groups is 1. The molecule has 5 heteroatoms. The van der Waals surface area contributed by atoms with Crippen molar-refractivity contribution in [3.8, 4) is 11.5 Å². The van der Waals surface area contributed by atoms with Gasteiger partial charge in [0.1, 0.15) is 18.1 Å². The molecule has 3 aromatic rings. The molecule has 0 radical (unpaired) electrons. The van der Waals surface area contributed by atoms with Crippen LogP contribution in [0.25, 0.3) is 0 Å². The minimum absolute atomic E-state index is 0.0231. The van der Waals surface area contributed by atoms with Gasteiger partial charge in [-0.05, 0) is 52.9 Å². The minimum Gasteiger partial charge on any atom is -0.487 e. The summed E-state index contributed by atoms with van der Waals surface area (Å²) in [6, 6.07) is 21.2. The summed E-state index contributed by atoms with van der Waals surface area (Å²) < 4.78 is 11.4. The van der Waals surface area contributed by atoms with E-state index in [1.165, 1.54) is 5.56 Å². The Balaban J connectivity index is 1.44. The highest BCUT2D eigenvalue weighted by atomic mass is 16.5. The Bertz CT molecular complexity index is 948. The maximum Gasteiger partial charge on any atom is 0.258 e. The van der Waals surface area contributed by atoms with Gasteiger partial charge in [0, 0.05) is 12.7 Å². The molecule has 156 valence electrons. The van der Waals surface area contributed by atoms with E-state index < -0.39 is 0 Å². The maximum atomic E-state index is 12.1. The van der Waals surface area contributed by atoms with Crippen molar-refractivity contribution in [2.45, 2.75) is 39.3 Å². The van der Waals surface area contributed by atoms with Gasteiger partial charge >= 0.3 is 0 Å². The Morgan fingerprint density at radius 3 is 2.43 bits per heavy atom. The predicted octanol–water partition coefficient (Wildman–Crippen LogP) is 4.65. The molecule has 0 aliphatic rings. The Morgan fingerprint density at radius 1 is 0.933 bits per heavy atom. The number of rotatable bonds is 8. The second-order valence-corrected chi connectivity index (χ2v) is 8.10. The van der Waals surface area contributed by atoms with Gasteiger partial charge in [-0.25, -0.2) is 0 Å². The molecule has 0 saturated carbocycles. The predicted molar refractivity (Wildman–Crippen MR) is 117 cm³/mol. The summed E-state index contributed by atoms with van der Waals surface area (Å²) in [5.41, 5.74) is 3.14. The summed E-state index contributed by atoms with van der Waals surface area (Å²) in [6.07, 6.45) is 1.74. The Morgan fingerprint density at radius 2 is 1.73 bits per heavy atom. The van der Waals surface area contributed by atoms with Crippen LogP contribution in [0, 0.1) is 0 Å². The molecule has 0 unspecified atom stereocenters. The van der Waals surface area contributed by atoms with Crippen molar-refractivity contribution in [2.24, 2.45) is 0 Å². The zero-order valence-electron chi connectivity index (χ0n) is 17.7. The summed E-state index contributed by atoms with van der Waals surface area (Å²) in [6.45, 7) is 7.27. The lowest BCUT2D eigenvalue weighted by molar-refractivity contribution is -0.123. The highest BCUT2D eigenvalue weighted by molar-refractivity contribution is 5.77. The molecule has 0 spiro atoms. The SMILES string of the molecule is CC(C)(C)c1ccc(OCC(=O)NCc2cccc(OCc3ccccn3)c2)cc1. The van der Waals surface area contributed by atoms with E-state index >= 15 is 0 Å². The van der Waals surface area contributed by atoms with E-state index in [2.05, 4.69) is 31.1 Å². The topological polar surface area (TPSA) is 60.5 Å². The lowest BCUT2D eigenvalue weighted by Gasteiger charge is -2.19. The Labute approximate surface area is 178 Å². The van der Waals surface area contributed by atoms with E-state index in [1.54, 1.807) is 6.20 Å². The van der Waals surface area contributed by atoms with E-state index in [9.17, 15) is 4.79 Å². The molecule has 1 heterocycles. The van der Waals surface area contributed by atoms with Crippen molar-refractivity contribution in [2.75, 3.05) is 6.61 Å². The fraction of sp³-hybridized carbons (Fsp3) is 0.280. The van der Waals surface area contributed by atoms with Crippen LogP contribution in [0.15, 0.2) is 72.9 Å². The Hall–Kier alpha value is -3.34. The number of pyridine rings is 1. The first-order valence-corrected chi connectivity index (χ1v) is 10.0. The number of hydrogen-bond acceptors (Lipinski definition) is 4. The summed E-state index contributed by atoms with van der Waals surface area (Å²) in [4.78, 5) is 16.4. The molecule has 0 bridgehead atoms. The van der Waals surface area contributed by atoms with E-state index in [0.717, 1.165) is 17.0 Å². The van der Waals surface area contributed by atoms with E-state index in [1.807, 2.05) is 66.7 Å². The fourth-order valence-corrected chi connectivity index (χ4v) is 2.84. The van der Waals surface area contributed by atoms with Crippen LogP contribution in [0.3, 0.4) is 0 Å². The zero-order chi connectivity index (χ0) is 21.4. The first kappa shape index (κ1) is 21.4. The number of nitrogens with one attached hydrogen (secondary N) is 1. The molecule has 1 aromatic heterocycles. The van der Waals surface area contributed by atoms with E-state index in [0.29, 0.717) is 18.9 Å². The number of carbonyl (C=O) groups excluding carboxylic acids is 1. The largest absolute Gasteiger partial charge is 0.487 e. The van der Waals surface area contributed by atoms with E-state index in [-0.39, 0.29) is 17.9 Å². The van der Waals surface area contributed by atoms with Gasteiger partial charge in [0.2, 0.25) is 0 Å². The third-order valence-corrected chi connectivity index (χ3v) is 4.59. The smallest absolute Gasteiger partial charge is 0.258 e. The lowest BCUT2D eigenvalue weighted by atomic mass is 9.87. The number of nitrogens with zero attached hydrogens (tertiary/aromatic N) is 1. The fourth-order valence-electron chi connectivity index (χ4n) is 2.84. The van der Waals surface area contributed by atoms with Gasteiger partial charge in [0.15, 0.2) is 6.61 Å². The van der Waals surface area contributed by atoms with Gasteiger partial charge in [-0.2, -0.15) is 0 Å². The normalized spacial score (nSPS) is 11.0. The van der Waals surface area contributed by atoms with Crippen LogP contribution in [0.1, 0.15) is 37.6 Å². The second kappa shape index (κ2) is 9.92. The van der Waals surface area contributed by atoms with E-state index in [4.69, 9.17) is 9.47 Å². The summed E-state index contributed by atoms with van der Waals surface area (Å²) in [7, 11) is 0. The summed E-state index contributed by atoms with van der Waals surface area (Å²) in [5, 5.41) is 2.87. The summed E-state index contributed by atoms with van der Waals surface area (Å²) >= 11 is 0. The molecule has 1 amide bonds. The van der Waals surface area contributed by atoms with Gasteiger partial charge in [-0.3, -0.25) is 9.78 Å². The van der Waals surface area contributed by atoms with Crippen LogP contribution in [0.2, 0.25) is 0 Å². The van der Waals surface area contributed by atoms with Crippen LogP contribution >= 0.6 is 0 Å². The number of hydrogen-bond donors (Lipinski definition) is 1. The second-order valence-electron chi connectivity index (χ2n) is 8.10. The third kappa shape index (κ3) is 6.62. The average molecular weight is 405 g/mol. The van der Waals surface area contributed by atoms with Crippen LogP contribution in [-0.2, 0) is 23.4 Å². The summed E-state index contributed by atoms with van der Waals surface area (Å²) in [5.74, 6) is 1.25. The highest BCUT2D eigenvalue weighted by Gasteiger charge is 2.13. The molecule has 0 saturated heterocycles. The number of aromatic nitrogens is 1. The van der Waals surface area contributed by atoms with Crippen LogP contribution in [-0.4, -0.2) is 17.5 Å². The third-order valence-electron chi connectivity index (χ3n) is 4.59. The molecular weight excluding hydrogens is 376 g/mol. The van der Waals surface area contributed by atoms with Gasteiger partial charge in [0.25, 0.3) is 5.91 Å². The van der Waals surface area contributed by atoms with Crippen molar-refractivity contribution in [3.05, 3.63) is 89.7 Å². The molecule has 0 atom stereocenters. The molecule has 1 N–H and O–H groups in total. The van der Waals surface area contributed by atoms with Crippen LogP contribution < -0.4 is 14.8 Å². The molecule has 5 nitrogen and oxygen atoms in total. The minimum atomic E-state index is -0.172. The molecule has 30 heavy (non-hydrogen) atoms. The van der Waals surface area contributed by atoms with Crippen molar-refractivity contribution >= 4 is 5.91 Å². The average Bonchev–Trinajstić information content (AvgIpc) is 2.75. The first-order chi connectivity index (χ1) is 14.4. The molecule has 0 aliphatic heterocycles. The number of ether oxygens (including phenoxy) is 2. The Kier molecular flexibility index (Phi) is 7.07. The first-order valence-electron chi connectivity index (χ1n) is 10.0. The highest BCUT2D eigenvalue weighted by Crippen LogP contribution is 2.24. The maximum absolute atomic E-state index is 12.1. The standard InChI is InChI=1S/C25H28N2O3/c1-25(2,3)20-10-12-22(13-11-20)30-18-24(28)27-16-19-7-6-9-23(15-19)29-17-21-8-4-5-14-26-21/h4-15H,16-18H2,1-3H3,(H,27,28). The molecule has 0 fully saturated rings. The molecule has 2 aromatic carbocycles. The van der Waals surface area contributed by atoms with Crippen molar-refractivity contribution in [1.82, 2.24) is 10.3 Å². The van der Waals surface area contributed by atoms with Gasteiger partial charge in [0.05, 0.1) is 5.69 Å². The number of amides is 1.